The lowest BCUT2D eigenvalue weighted by Gasteiger charge is -2.22. The summed E-state index contributed by atoms with van der Waals surface area (Å²) in [5, 5.41) is 10.6. The van der Waals surface area contributed by atoms with Crippen molar-refractivity contribution in [1.82, 2.24) is 15.1 Å². The number of anilines is 1. The average molecular weight is 365 g/mol. The summed E-state index contributed by atoms with van der Waals surface area (Å²) in [6, 6.07) is 7.44. The zero-order chi connectivity index (χ0) is 16.4. The van der Waals surface area contributed by atoms with Crippen molar-refractivity contribution in [1.29, 1.82) is 0 Å². The van der Waals surface area contributed by atoms with E-state index in [1.807, 2.05) is 10.9 Å². The van der Waals surface area contributed by atoms with Crippen LogP contribution in [0.1, 0.15) is 29.4 Å². The number of fused-ring (bicyclic) bond motifs is 1. The second kappa shape index (κ2) is 7.76. The molecule has 0 bridgehead atoms. The molecule has 2 aliphatic rings. The first-order chi connectivity index (χ1) is 11.8. The maximum atomic E-state index is 12.4. The fourth-order valence-electron chi connectivity index (χ4n) is 3.04. The van der Waals surface area contributed by atoms with Crippen LogP contribution in [0.25, 0.3) is 0 Å². The van der Waals surface area contributed by atoms with E-state index < -0.39 is 0 Å². The van der Waals surface area contributed by atoms with Crippen molar-refractivity contribution in [2.45, 2.75) is 18.9 Å². The number of carbonyl (C=O) groups excluding carboxylic acids is 1. The van der Waals surface area contributed by atoms with Crippen LogP contribution < -0.4 is 20.1 Å². The molecule has 2 aliphatic heterocycles. The highest BCUT2D eigenvalue weighted by Gasteiger charge is 2.18. The number of halogens is 1. The second-order valence-electron chi connectivity index (χ2n) is 5.99. The molecule has 3 heterocycles. The highest BCUT2D eigenvalue weighted by molar-refractivity contribution is 6.02. The molecule has 0 radical (unpaired) electrons. The summed E-state index contributed by atoms with van der Waals surface area (Å²) in [5.74, 6) is 1.13. The molecule has 2 aromatic rings. The number of aromatic nitrogens is 2. The van der Waals surface area contributed by atoms with E-state index in [0.29, 0.717) is 42.1 Å². The van der Waals surface area contributed by atoms with E-state index in [2.05, 4.69) is 15.7 Å². The van der Waals surface area contributed by atoms with E-state index in [0.717, 1.165) is 25.9 Å². The molecule has 8 heteroatoms. The first-order valence-electron chi connectivity index (χ1n) is 8.26. The van der Waals surface area contributed by atoms with Gasteiger partial charge in [0.2, 0.25) is 0 Å². The third-order valence-electron chi connectivity index (χ3n) is 4.29. The summed E-state index contributed by atoms with van der Waals surface area (Å²) in [5.41, 5.74) is 1.08. The Hall–Kier alpha value is -2.25. The smallest absolute Gasteiger partial charge is 0.276 e. The van der Waals surface area contributed by atoms with Crippen LogP contribution in [0, 0.1) is 0 Å². The number of nitrogens with one attached hydrogen (secondary N) is 2. The monoisotopic (exact) mass is 364 g/mol. The zero-order valence-electron chi connectivity index (χ0n) is 13.7. The highest BCUT2D eigenvalue weighted by atomic mass is 35.5. The van der Waals surface area contributed by atoms with Gasteiger partial charge in [0.1, 0.15) is 13.2 Å². The first kappa shape index (κ1) is 17.6. The first-order valence-corrected chi connectivity index (χ1v) is 8.26. The zero-order valence-corrected chi connectivity index (χ0v) is 14.6. The Morgan fingerprint density at radius 1 is 1.24 bits per heavy atom. The van der Waals surface area contributed by atoms with Crippen molar-refractivity contribution in [2.75, 3.05) is 31.6 Å². The van der Waals surface area contributed by atoms with Crippen LogP contribution in [0.15, 0.2) is 30.5 Å². The molecular weight excluding hydrogens is 344 g/mol. The van der Waals surface area contributed by atoms with Crippen molar-refractivity contribution in [3.63, 3.8) is 0 Å². The molecule has 1 fully saturated rings. The SMILES string of the molecule is Cl.O=C(Nc1ccc2c(c1)OCCO2)c1ccn(C2CCCNC2)n1. The van der Waals surface area contributed by atoms with Gasteiger partial charge in [0.15, 0.2) is 17.2 Å². The van der Waals surface area contributed by atoms with E-state index >= 15 is 0 Å². The van der Waals surface area contributed by atoms with Gasteiger partial charge >= 0.3 is 0 Å². The predicted molar refractivity (Wildman–Crippen MR) is 96.0 cm³/mol. The minimum absolute atomic E-state index is 0. The molecule has 1 aromatic heterocycles. The number of hydrogen-bond acceptors (Lipinski definition) is 5. The van der Waals surface area contributed by atoms with Gasteiger partial charge in [-0.1, -0.05) is 0 Å². The summed E-state index contributed by atoms with van der Waals surface area (Å²) < 4.78 is 12.9. The molecule has 2 N–H and O–H groups in total. The van der Waals surface area contributed by atoms with E-state index in [1.165, 1.54) is 0 Å². The largest absolute Gasteiger partial charge is 0.486 e. The summed E-state index contributed by atoms with van der Waals surface area (Å²) in [6.45, 7) is 3.01. The lowest BCUT2D eigenvalue weighted by atomic mass is 10.1. The average Bonchev–Trinajstić information content (AvgIpc) is 3.13. The molecule has 25 heavy (non-hydrogen) atoms. The standard InChI is InChI=1S/C17H20N4O3.ClH/c22-17(14-5-7-21(20-14)13-2-1-6-18-11-13)19-12-3-4-15-16(10-12)24-9-8-23-15;/h3-5,7,10,13,18H,1-2,6,8-9,11H2,(H,19,22);1H. The Labute approximate surface area is 152 Å². The van der Waals surface area contributed by atoms with Gasteiger partial charge in [-0.3, -0.25) is 9.48 Å². The molecule has 0 saturated carbocycles. The third-order valence-corrected chi connectivity index (χ3v) is 4.29. The van der Waals surface area contributed by atoms with E-state index in [9.17, 15) is 4.79 Å². The summed E-state index contributed by atoms with van der Waals surface area (Å²) >= 11 is 0. The lowest BCUT2D eigenvalue weighted by Crippen LogP contribution is -2.32. The van der Waals surface area contributed by atoms with Crippen molar-refractivity contribution in [2.24, 2.45) is 0 Å². The molecule has 134 valence electrons. The van der Waals surface area contributed by atoms with Gasteiger partial charge in [0.25, 0.3) is 5.91 Å². The maximum absolute atomic E-state index is 12.4. The fraction of sp³-hybridized carbons (Fsp3) is 0.412. The summed E-state index contributed by atoms with van der Waals surface area (Å²) in [6.07, 6.45) is 4.08. The number of ether oxygens (including phenoxy) is 2. The number of rotatable bonds is 3. The fourth-order valence-corrected chi connectivity index (χ4v) is 3.04. The van der Waals surface area contributed by atoms with Gasteiger partial charge in [-0.05, 0) is 37.6 Å². The molecule has 1 aromatic carbocycles. The van der Waals surface area contributed by atoms with Crippen molar-refractivity contribution in [3.05, 3.63) is 36.2 Å². The number of benzene rings is 1. The Kier molecular flexibility index (Phi) is 5.45. The molecular formula is C17H21ClN4O3. The van der Waals surface area contributed by atoms with Crippen LogP contribution in [-0.2, 0) is 0 Å². The quantitative estimate of drug-likeness (QED) is 0.873. The van der Waals surface area contributed by atoms with E-state index in [4.69, 9.17) is 9.47 Å². The predicted octanol–water partition coefficient (Wildman–Crippen LogP) is 2.25. The van der Waals surface area contributed by atoms with Crippen molar-refractivity contribution < 1.29 is 14.3 Å². The van der Waals surface area contributed by atoms with E-state index in [1.54, 1.807) is 24.3 Å². The number of nitrogens with zero attached hydrogens (tertiary/aromatic N) is 2. The number of piperidine rings is 1. The van der Waals surface area contributed by atoms with Gasteiger partial charge in [0.05, 0.1) is 6.04 Å². The van der Waals surface area contributed by atoms with Gasteiger partial charge in [0, 0.05) is 24.5 Å². The van der Waals surface area contributed by atoms with Gasteiger partial charge in [-0.15, -0.1) is 12.4 Å². The number of amides is 1. The molecule has 1 amide bonds. The Morgan fingerprint density at radius 2 is 2.08 bits per heavy atom. The Balaban J connectivity index is 0.00000182. The number of hydrogen-bond donors (Lipinski definition) is 2. The lowest BCUT2D eigenvalue weighted by molar-refractivity contribution is 0.102. The van der Waals surface area contributed by atoms with Crippen LogP contribution in [0.3, 0.4) is 0 Å². The maximum Gasteiger partial charge on any atom is 0.276 e. The summed E-state index contributed by atoms with van der Waals surface area (Å²) in [7, 11) is 0. The third kappa shape index (κ3) is 3.88. The molecule has 1 saturated heterocycles. The molecule has 0 spiro atoms. The molecule has 7 nitrogen and oxygen atoms in total. The topological polar surface area (TPSA) is 77.4 Å². The van der Waals surface area contributed by atoms with Crippen LogP contribution in [0.2, 0.25) is 0 Å². The van der Waals surface area contributed by atoms with Gasteiger partial charge in [-0.25, -0.2) is 0 Å². The summed E-state index contributed by atoms with van der Waals surface area (Å²) in [4.78, 5) is 12.4. The highest BCUT2D eigenvalue weighted by Crippen LogP contribution is 2.32. The van der Waals surface area contributed by atoms with Crippen molar-refractivity contribution >= 4 is 24.0 Å². The normalized spacial score (nSPS) is 19.0. The van der Waals surface area contributed by atoms with Crippen LogP contribution in [0.4, 0.5) is 5.69 Å². The molecule has 1 atom stereocenters. The molecule has 1 unspecified atom stereocenters. The molecule has 0 aliphatic carbocycles. The minimum atomic E-state index is -0.228. The molecule has 4 rings (SSSR count). The second-order valence-corrected chi connectivity index (χ2v) is 5.99. The minimum Gasteiger partial charge on any atom is -0.486 e. The number of carbonyl (C=O) groups is 1. The van der Waals surface area contributed by atoms with Crippen molar-refractivity contribution in [3.8, 4) is 11.5 Å². The van der Waals surface area contributed by atoms with Gasteiger partial charge in [-0.2, -0.15) is 5.10 Å². The van der Waals surface area contributed by atoms with Gasteiger partial charge < -0.3 is 20.1 Å². The Bertz CT molecular complexity index is 743. The van der Waals surface area contributed by atoms with Crippen LogP contribution in [-0.4, -0.2) is 42.0 Å². The van der Waals surface area contributed by atoms with Crippen LogP contribution >= 0.6 is 12.4 Å². The Morgan fingerprint density at radius 3 is 2.88 bits per heavy atom. The van der Waals surface area contributed by atoms with E-state index in [-0.39, 0.29) is 18.3 Å². The van der Waals surface area contributed by atoms with Crippen LogP contribution in [0.5, 0.6) is 11.5 Å².